The van der Waals surface area contributed by atoms with Crippen molar-refractivity contribution in [2.75, 3.05) is 5.32 Å². The molecule has 0 saturated carbocycles. The zero-order chi connectivity index (χ0) is 22.1. The molecular weight excluding hydrogens is 488 g/mol. The zero-order valence-electron chi connectivity index (χ0n) is 16.0. The van der Waals surface area contributed by atoms with Gasteiger partial charge in [0.1, 0.15) is 17.3 Å². The van der Waals surface area contributed by atoms with E-state index in [0.29, 0.717) is 0 Å². The highest BCUT2D eigenvalue weighted by Gasteiger charge is 2.23. The first-order valence-corrected chi connectivity index (χ1v) is 10.1. The van der Waals surface area contributed by atoms with E-state index in [1.54, 1.807) is 0 Å². The van der Waals surface area contributed by atoms with Gasteiger partial charge in [0.15, 0.2) is 0 Å². The molecule has 158 valence electrons. The molecule has 0 bridgehead atoms. The van der Waals surface area contributed by atoms with Crippen LogP contribution in [0.15, 0.2) is 39.2 Å². The van der Waals surface area contributed by atoms with Crippen LogP contribution in [-0.2, 0) is 0 Å². The van der Waals surface area contributed by atoms with Crippen molar-refractivity contribution in [3.63, 3.8) is 0 Å². The number of nitro groups is 1. The highest BCUT2D eigenvalue weighted by molar-refractivity contribution is 9.10. The molecule has 0 aliphatic carbocycles. The Kier molecular flexibility index (Phi) is 10.6. The van der Waals surface area contributed by atoms with E-state index in [0.717, 1.165) is 18.1 Å². The second-order valence-electron chi connectivity index (χ2n) is 6.66. The van der Waals surface area contributed by atoms with E-state index in [9.17, 15) is 18.9 Å². The zero-order valence-corrected chi connectivity index (χ0v) is 19.2. The fraction of sp³-hybridized carbons (Fsp3) is 0.316. The molecule has 2 aromatic carbocycles. The normalized spacial score (nSPS) is 11.9. The SMILES string of the molecule is CC(C)C.O=[N+]([O-])c1ccc(Cl)cc1NC(C/C=N/S)c1c(F)cc(F)cc1Br. The van der Waals surface area contributed by atoms with E-state index in [1.165, 1.54) is 24.4 Å². The van der Waals surface area contributed by atoms with Crippen molar-refractivity contribution in [2.24, 2.45) is 10.3 Å². The highest BCUT2D eigenvalue weighted by Crippen LogP contribution is 2.35. The Balaban J connectivity index is 0.000000960. The number of hydrogen-bond donors (Lipinski definition) is 2. The summed E-state index contributed by atoms with van der Waals surface area (Å²) in [6, 6.07) is 5.05. The van der Waals surface area contributed by atoms with Crippen LogP contribution in [0.5, 0.6) is 0 Å². The van der Waals surface area contributed by atoms with Gasteiger partial charge >= 0.3 is 0 Å². The quantitative estimate of drug-likeness (QED) is 0.185. The maximum absolute atomic E-state index is 14.3. The number of nitro benzene ring substituents is 1. The maximum atomic E-state index is 14.3. The highest BCUT2D eigenvalue weighted by atomic mass is 79.9. The first-order valence-electron chi connectivity index (χ1n) is 8.57. The van der Waals surface area contributed by atoms with E-state index >= 15 is 0 Å². The molecule has 0 radical (unpaired) electrons. The molecule has 10 heteroatoms. The first kappa shape index (κ1) is 25.3. The van der Waals surface area contributed by atoms with Crippen LogP contribution in [0.1, 0.15) is 38.8 Å². The number of benzene rings is 2. The Hall–Kier alpha value is -1.71. The molecular formula is C19H21BrClF2N3O2S. The fourth-order valence-corrected chi connectivity index (χ4v) is 3.21. The number of nitrogens with one attached hydrogen (secondary N) is 1. The van der Waals surface area contributed by atoms with Crippen LogP contribution in [0.3, 0.4) is 0 Å². The van der Waals surface area contributed by atoms with E-state index in [4.69, 9.17) is 11.6 Å². The Morgan fingerprint density at radius 3 is 2.45 bits per heavy atom. The summed E-state index contributed by atoms with van der Waals surface area (Å²) in [6.07, 6.45) is 1.54. The summed E-state index contributed by atoms with van der Waals surface area (Å²) < 4.78 is 31.4. The monoisotopic (exact) mass is 507 g/mol. The van der Waals surface area contributed by atoms with Gasteiger partial charge in [-0.05, 0) is 36.9 Å². The predicted octanol–water partition coefficient (Wildman–Crippen LogP) is 7.41. The lowest BCUT2D eigenvalue weighted by molar-refractivity contribution is -0.384. The van der Waals surface area contributed by atoms with Gasteiger partial charge in [-0.25, -0.2) is 13.2 Å². The van der Waals surface area contributed by atoms with E-state index in [2.05, 4.69) is 59.2 Å². The average Bonchev–Trinajstić information content (AvgIpc) is 2.57. The van der Waals surface area contributed by atoms with Crippen LogP contribution in [0.25, 0.3) is 0 Å². The van der Waals surface area contributed by atoms with Gasteiger partial charge in [-0.3, -0.25) is 10.1 Å². The Morgan fingerprint density at radius 2 is 1.93 bits per heavy atom. The van der Waals surface area contributed by atoms with Gasteiger partial charge in [-0.1, -0.05) is 48.3 Å². The second-order valence-corrected chi connectivity index (χ2v) is 8.19. The predicted molar refractivity (Wildman–Crippen MR) is 121 cm³/mol. The molecule has 1 atom stereocenters. The number of rotatable bonds is 6. The molecule has 1 unspecified atom stereocenters. The standard InChI is InChI=1S/C15H11BrClF2N3O2S.C4H10/c16-10-6-9(18)7-11(19)15(10)12(3-4-20-25)21-13-5-8(17)1-2-14(13)22(23)24;1-4(2)3/h1-2,4-7,12,21,25H,3H2;4H,1-3H3/b20-4+;. The number of anilines is 1. The van der Waals surface area contributed by atoms with Crippen LogP contribution < -0.4 is 5.32 Å². The van der Waals surface area contributed by atoms with Crippen LogP contribution in [0.2, 0.25) is 5.02 Å². The van der Waals surface area contributed by atoms with Crippen molar-refractivity contribution < 1.29 is 13.7 Å². The number of hydrogen-bond acceptors (Lipinski definition) is 5. The third kappa shape index (κ3) is 8.28. The fourth-order valence-electron chi connectivity index (χ4n) is 2.26. The molecule has 2 aromatic rings. The van der Waals surface area contributed by atoms with Crippen molar-refractivity contribution in [1.82, 2.24) is 0 Å². The van der Waals surface area contributed by atoms with Gasteiger partial charge < -0.3 is 5.32 Å². The van der Waals surface area contributed by atoms with Gasteiger partial charge in [0.05, 0.1) is 11.0 Å². The first-order chi connectivity index (χ1) is 13.6. The van der Waals surface area contributed by atoms with E-state index in [-0.39, 0.29) is 32.9 Å². The summed E-state index contributed by atoms with van der Waals surface area (Å²) >= 11 is 12.7. The summed E-state index contributed by atoms with van der Waals surface area (Å²) in [5.41, 5.74) is -0.0227. The van der Waals surface area contributed by atoms with Gasteiger partial charge in [0.25, 0.3) is 5.69 Å². The molecule has 0 amide bonds. The Morgan fingerprint density at radius 1 is 1.31 bits per heavy atom. The van der Waals surface area contributed by atoms with Crippen LogP contribution in [0, 0.1) is 27.7 Å². The molecule has 0 aromatic heterocycles. The Bertz CT molecular complexity index is 859. The van der Waals surface area contributed by atoms with Gasteiger partial charge in [-0.15, -0.1) is 0 Å². The Labute approximate surface area is 187 Å². The van der Waals surface area contributed by atoms with E-state index in [1.807, 2.05) is 0 Å². The molecule has 0 heterocycles. The number of halogens is 4. The lowest BCUT2D eigenvalue weighted by Gasteiger charge is -2.21. The smallest absolute Gasteiger partial charge is 0.292 e. The summed E-state index contributed by atoms with van der Waals surface area (Å²) in [4.78, 5) is 10.6. The van der Waals surface area contributed by atoms with Gasteiger partial charge in [0, 0.05) is 39.8 Å². The second kappa shape index (κ2) is 12.1. The van der Waals surface area contributed by atoms with Crippen LogP contribution >= 0.6 is 40.3 Å². The van der Waals surface area contributed by atoms with Crippen molar-refractivity contribution >= 4 is 57.9 Å². The minimum atomic E-state index is -0.804. The van der Waals surface area contributed by atoms with E-state index < -0.39 is 22.6 Å². The van der Waals surface area contributed by atoms with Crippen molar-refractivity contribution in [3.05, 3.63) is 67.1 Å². The lowest BCUT2D eigenvalue weighted by Crippen LogP contribution is -2.15. The number of thiol groups is 1. The topological polar surface area (TPSA) is 67.5 Å². The van der Waals surface area contributed by atoms with Crippen LogP contribution in [0.4, 0.5) is 20.2 Å². The van der Waals surface area contributed by atoms with Gasteiger partial charge in [-0.2, -0.15) is 0 Å². The summed E-state index contributed by atoms with van der Waals surface area (Å²) in [6.45, 7) is 6.50. The molecule has 0 spiro atoms. The summed E-state index contributed by atoms with van der Waals surface area (Å²) in [5.74, 6) is -0.718. The minimum absolute atomic E-state index is 0.101. The largest absolute Gasteiger partial charge is 0.372 e. The average molecular weight is 509 g/mol. The number of nitrogens with zero attached hydrogens (tertiary/aromatic N) is 2. The molecule has 0 saturated heterocycles. The third-order valence-corrected chi connectivity index (χ3v) is 4.35. The molecule has 5 nitrogen and oxygen atoms in total. The third-order valence-electron chi connectivity index (χ3n) is 3.30. The molecule has 0 aliphatic rings. The van der Waals surface area contributed by atoms with Crippen molar-refractivity contribution in [3.8, 4) is 0 Å². The molecule has 1 N–H and O–H groups in total. The lowest BCUT2D eigenvalue weighted by atomic mass is 10.0. The maximum Gasteiger partial charge on any atom is 0.292 e. The van der Waals surface area contributed by atoms with Crippen molar-refractivity contribution in [1.29, 1.82) is 0 Å². The van der Waals surface area contributed by atoms with Crippen molar-refractivity contribution in [2.45, 2.75) is 33.2 Å². The van der Waals surface area contributed by atoms with Crippen LogP contribution in [-0.4, -0.2) is 11.1 Å². The molecule has 0 aliphatic heterocycles. The molecule has 29 heavy (non-hydrogen) atoms. The molecule has 0 fully saturated rings. The molecule has 2 rings (SSSR count). The minimum Gasteiger partial charge on any atom is -0.372 e. The van der Waals surface area contributed by atoms with Gasteiger partial charge in [0.2, 0.25) is 0 Å². The summed E-state index contributed by atoms with van der Waals surface area (Å²) in [5, 5.41) is 14.3. The summed E-state index contributed by atoms with van der Waals surface area (Å²) in [7, 11) is 0.